The number of pyridine rings is 1. The molecule has 0 aliphatic heterocycles. The highest BCUT2D eigenvalue weighted by atomic mass is 35.5. The molecule has 0 aliphatic carbocycles. The van der Waals surface area contributed by atoms with Crippen LogP contribution in [0.3, 0.4) is 0 Å². The summed E-state index contributed by atoms with van der Waals surface area (Å²) in [4.78, 5) is 4.66. The van der Waals surface area contributed by atoms with E-state index in [9.17, 15) is 0 Å². The number of aryl methyl sites for hydroxylation is 1. The third kappa shape index (κ3) is 2.72. The Kier molecular flexibility index (Phi) is 3.55. The van der Waals surface area contributed by atoms with Crippen LogP contribution in [-0.4, -0.2) is 16.2 Å². The molecule has 5 heteroatoms. The molecule has 4 nitrogen and oxygen atoms in total. The Morgan fingerprint density at radius 1 is 1.19 bits per heavy atom. The Morgan fingerprint density at radius 3 is 2.57 bits per heavy atom. The van der Waals surface area contributed by atoms with Gasteiger partial charge in [-0.2, -0.15) is 0 Å². The Hall–Kier alpha value is -2.07. The zero-order valence-corrected chi connectivity index (χ0v) is 12.9. The maximum atomic E-state index is 5.94. The van der Waals surface area contributed by atoms with Gasteiger partial charge in [0.05, 0.1) is 11.4 Å². The summed E-state index contributed by atoms with van der Waals surface area (Å²) in [6, 6.07) is 9.91. The van der Waals surface area contributed by atoms with Gasteiger partial charge in [-0.15, -0.1) is 0 Å². The van der Waals surface area contributed by atoms with Crippen molar-refractivity contribution in [3.63, 3.8) is 0 Å². The van der Waals surface area contributed by atoms with Crippen LogP contribution in [0.1, 0.15) is 19.5 Å². The first-order chi connectivity index (χ1) is 10.0. The summed E-state index contributed by atoms with van der Waals surface area (Å²) >= 11 is 5.94. The van der Waals surface area contributed by atoms with Crippen molar-refractivity contribution in [2.45, 2.75) is 26.8 Å². The van der Waals surface area contributed by atoms with E-state index in [4.69, 9.17) is 16.1 Å². The molecule has 0 saturated heterocycles. The largest absolute Gasteiger partial charge is 0.380 e. The molecule has 1 N–H and O–H groups in total. The molecule has 0 atom stereocenters. The van der Waals surface area contributed by atoms with Crippen LogP contribution in [0.25, 0.3) is 22.4 Å². The fourth-order valence-corrected chi connectivity index (χ4v) is 2.34. The fraction of sp³-hybridized carbons (Fsp3) is 0.250. The van der Waals surface area contributed by atoms with Crippen LogP contribution in [0.2, 0.25) is 5.02 Å². The minimum absolute atomic E-state index is 0.291. The minimum atomic E-state index is 0.291. The number of halogens is 1. The molecule has 0 unspecified atom stereocenters. The van der Waals surface area contributed by atoms with Gasteiger partial charge in [0.25, 0.3) is 0 Å². The molecule has 0 spiro atoms. The highest BCUT2D eigenvalue weighted by Crippen LogP contribution is 2.30. The van der Waals surface area contributed by atoms with E-state index in [2.05, 4.69) is 29.3 Å². The second-order valence-electron chi connectivity index (χ2n) is 5.31. The van der Waals surface area contributed by atoms with E-state index < -0.39 is 0 Å². The number of anilines is 1. The molecule has 2 aromatic heterocycles. The minimum Gasteiger partial charge on any atom is -0.380 e. The lowest BCUT2D eigenvalue weighted by molar-refractivity contribution is 0.451. The monoisotopic (exact) mass is 301 g/mol. The summed E-state index contributed by atoms with van der Waals surface area (Å²) in [5, 5.41) is 8.11. The maximum absolute atomic E-state index is 5.94. The molecule has 3 aromatic rings. The second kappa shape index (κ2) is 5.37. The lowest BCUT2D eigenvalue weighted by Crippen LogP contribution is -2.10. The average Bonchev–Trinajstić information content (AvgIpc) is 2.81. The molecule has 108 valence electrons. The predicted molar refractivity (Wildman–Crippen MR) is 85.7 cm³/mol. The quantitative estimate of drug-likeness (QED) is 0.763. The third-order valence-electron chi connectivity index (χ3n) is 3.17. The van der Waals surface area contributed by atoms with Crippen molar-refractivity contribution in [2.75, 3.05) is 5.32 Å². The summed E-state index contributed by atoms with van der Waals surface area (Å²) in [5.41, 5.74) is 5.04. The number of rotatable bonds is 3. The van der Waals surface area contributed by atoms with E-state index >= 15 is 0 Å². The first kappa shape index (κ1) is 13.9. The SMILES string of the molecule is Cc1noc2c(NC(C)C)cc(-c3ccc(Cl)cc3)nc12. The number of hydrogen-bond donors (Lipinski definition) is 1. The van der Waals surface area contributed by atoms with Crippen LogP contribution in [0.4, 0.5) is 5.69 Å². The fourth-order valence-electron chi connectivity index (χ4n) is 2.22. The third-order valence-corrected chi connectivity index (χ3v) is 3.43. The van der Waals surface area contributed by atoms with Crippen molar-refractivity contribution < 1.29 is 4.52 Å². The van der Waals surface area contributed by atoms with Gasteiger partial charge in [-0.05, 0) is 39.0 Å². The van der Waals surface area contributed by atoms with Crippen molar-refractivity contribution in [1.29, 1.82) is 0 Å². The first-order valence-corrected chi connectivity index (χ1v) is 7.22. The van der Waals surface area contributed by atoms with Gasteiger partial charge in [-0.1, -0.05) is 28.9 Å². The Labute approximate surface area is 128 Å². The summed E-state index contributed by atoms with van der Waals surface area (Å²) in [5.74, 6) is 0. The zero-order valence-electron chi connectivity index (χ0n) is 12.1. The molecular weight excluding hydrogens is 286 g/mol. The predicted octanol–water partition coefficient (Wildman–Crippen LogP) is 4.67. The number of nitrogens with one attached hydrogen (secondary N) is 1. The molecule has 21 heavy (non-hydrogen) atoms. The summed E-state index contributed by atoms with van der Waals surface area (Å²) < 4.78 is 5.39. The lowest BCUT2D eigenvalue weighted by atomic mass is 10.1. The molecule has 0 radical (unpaired) electrons. The molecule has 0 aliphatic rings. The van der Waals surface area contributed by atoms with Crippen molar-refractivity contribution in [3.8, 4) is 11.3 Å². The molecule has 1 aromatic carbocycles. The van der Waals surface area contributed by atoms with Crippen LogP contribution >= 0.6 is 11.6 Å². The highest BCUT2D eigenvalue weighted by Gasteiger charge is 2.14. The first-order valence-electron chi connectivity index (χ1n) is 6.84. The molecule has 3 rings (SSSR count). The van der Waals surface area contributed by atoms with E-state index in [1.165, 1.54) is 0 Å². The van der Waals surface area contributed by atoms with Crippen LogP contribution in [0.15, 0.2) is 34.9 Å². The van der Waals surface area contributed by atoms with E-state index in [0.717, 1.165) is 28.2 Å². The van der Waals surface area contributed by atoms with E-state index in [0.29, 0.717) is 16.6 Å². The molecule has 0 amide bonds. The lowest BCUT2D eigenvalue weighted by Gasteiger charge is -2.11. The second-order valence-corrected chi connectivity index (χ2v) is 5.74. The summed E-state index contributed by atoms with van der Waals surface area (Å²) in [6.45, 7) is 6.05. The highest BCUT2D eigenvalue weighted by molar-refractivity contribution is 6.30. The summed E-state index contributed by atoms with van der Waals surface area (Å²) in [7, 11) is 0. The number of hydrogen-bond acceptors (Lipinski definition) is 4. The van der Waals surface area contributed by atoms with Crippen molar-refractivity contribution >= 4 is 28.4 Å². The van der Waals surface area contributed by atoms with Crippen LogP contribution in [0.5, 0.6) is 0 Å². The Bertz CT molecular complexity index is 778. The Morgan fingerprint density at radius 2 is 1.90 bits per heavy atom. The van der Waals surface area contributed by atoms with Gasteiger partial charge in [0.1, 0.15) is 11.2 Å². The van der Waals surface area contributed by atoms with Crippen LogP contribution in [-0.2, 0) is 0 Å². The molecule has 0 bridgehead atoms. The van der Waals surface area contributed by atoms with Gasteiger partial charge in [-0.3, -0.25) is 0 Å². The summed E-state index contributed by atoms with van der Waals surface area (Å²) in [6.07, 6.45) is 0. The smallest absolute Gasteiger partial charge is 0.208 e. The number of aromatic nitrogens is 2. The zero-order chi connectivity index (χ0) is 15.0. The van der Waals surface area contributed by atoms with Gasteiger partial charge in [-0.25, -0.2) is 4.98 Å². The van der Waals surface area contributed by atoms with Crippen LogP contribution in [0, 0.1) is 6.92 Å². The van der Waals surface area contributed by atoms with E-state index in [-0.39, 0.29) is 0 Å². The number of benzene rings is 1. The molecule has 0 saturated carbocycles. The van der Waals surface area contributed by atoms with Crippen LogP contribution < -0.4 is 5.32 Å². The molecular formula is C16H16ClN3O. The van der Waals surface area contributed by atoms with Gasteiger partial charge in [0, 0.05) is 16.6 Å². The molecule has 2 heterocycles. The van der Waals surface area contributed by atoms with Crippen molar-refractivity contribution in [2.24, 2.45) is 0 Å². The van der Waals surface area contributed by atoms with Crippen molar-refractivity contribution in [3.05, 3.63) is 41.0 Å². The molecule has 0 fully saturated rings. The van der Waals surface area contributed by atoms with Gasteiger partial charge in [0.15, 0.2) is 0 Å². The number of fused-ring (bicyclic) bond motifs is 1. The average molecular weight is 302 g/mol. The van der Waals surface area contributed by atoms with Gasteiger partial charge >= 0.3 is 0 Å². The standard InChI is InChI=1S/C16H16ClN3O/c1-9(2)18-14-8-13(11-4-6-12(17)7-5-11)19-15-10(3)20-21-16(14)15/h4-9H,1-3H3,(H,18,19). The van der Waals surface area contributed by atoms with Gasteiger partial charge in [0.2, 0.25) is 5.58 Å². The Balaban J connectivity index is 2.18. The number of nitrogens with zero attached hydrogens (tertiary/aromatic N) is 2. The van der Waals surface area contributed by atoms with E-state index in [1.807, 2.05) is 37.3 Å². The van der Waals surface area contributed by atoms with E-state index in [1.54, 1.807) is 0 Å². The normalized spacial score (nSPS) is 11.3. The van der Waals surface area contributed by atoms with Gasteiger partial charge < -0.3 is 9.84 Å². The topological polar surface area (TPSA) is 51.0 Å². The van der Waals surface area contributed by atoms with Crippen molar-refractivity contribution in [1.82, 2.24) is 10.1 Å². The maximum Gasteiger partial charge on any atom is 0.208 e.